The zero-order valence-corrected chi connectivity index (χ0v) is 54.4. The number of nitrogens with one attached hydrogen (secondary N) is 6. The average Bonchev–Trinajstić information content (AvgIpc) is 1.95. The van der Waals surface area contributed by atoms with E-state index in [9.17, 15) is 43.5 Å². The third kappa shape index (κ3) is 20.3. The van der Waals surface area contributed by atoms with Gasteiger partial charge in [0.2, 0.25) is 23.6 Å². The zero-order valence-electron chi connectivity index (χ0n) is 53.7. The molecule has 2 fully saturated rings. The van der Waals surface area contributed by atoms with Crippen LogP contribution in [0.25, 0.3) is 0 Å². The summed E-state index contributed by atoms with van der Waals surface area (Å²) in [5.41, 5.74) is 3.21. The van der Waals surface area contributed by atoms with Crippen LogP contribution in [-0.4, -0.2) is 159 Å². The van der Waals surface area contributed by atoms with Crippen molar-refractivity contribution < 1.29 is 71.5 Å². The molecule has 2 aromatic carbocycles. The summed E-state index contributed by atoms with van der Waals surface area (Å²) in [6, 6.07) is 2.78. The maximum absolute atomic E-state index is 16.2. The first kappa shape index (κ1) is 72.9. The molecule has 0 saturated carbocycles. The first-order valence-corrected chi connectivity index (χ1v) is 31.3. The van der Waals surface area contributed by atoms with E-state index in [1.807, 2.05) is 13.0 Å². The van der Waals surface area contributed by atoms with Crippen molar-refractivity contribution in [2.75, 3.05) is 51.6 Å². The fraction of sp³-hybridized carbons (Fsp3) is 0.625. The minimum atomic E-state index is -1.93. The number of allylic oxidation sites excluding steroid dienone is 3. The molecule has 3 aliphatic rings. The lowest BCUT2D eigenvalue weighted by molar-refractivity contribution is -0.158. The molecule has 23 nitrogen and oxygen atoms in total. The van der Waals surface area contributed by atoms with Gasteiger partial charge in [0, 0.05) is 58.2 Å². The molecule has 89 heavy (non-hydrogen) atoms. The number of hydrogen-bond donors (Lipinski definition) is 8. The number of esters is 1. The number of rotatable bonds is 28. The number of nitrogens with two attached hydrogens (primary N) is 1. The lowest BCUT2D eigenvalue weighted by Gasteiger charge is -2.42. The van der Waals surface area contributed by atoms with E-state index in [-0.39, 0.29) is 54.8 Å². The fourth-order valence-corrected chi connectivity index (χ4v) is 11.5. The van der Waals surface area contributed by atoms with Crippen LogP contribution in [0.4, 0.5) is 25.4 Å². The van der Waals surface area contributed by atoms with Crippen molar-refractivity contribution >= 4 is 70.6 Å². The lowest BCUT2D eigenvalue weighted by Crippen LogP contribution is -2.63. The summed E-state index contributed by atoms with van der Waals surface area (Å²) in [6.45, 7) is 15.4. The molecule has 3 heterocycles. The lowest BCUT2D eigenvalue weighted by atomic mass is 9.83. The molecular weight excluding hydrogens is 1170 g/mol. The summed E-state index contributed by atoms with van der Waals surface area (Å²) < 4.78 is 45.6. The number of aliphatic hydroxyl groups is 1. The number of ether oxygens (including phenoxy) is 5. The number of epoxide rings is 1. The van der Waals surface area contributed by atoms with E-state index < -0.39 is 119 Å². The van der Waals surface area contributed by atoms with Crippen molar-refractivity contribution in [1.82, 2.24) is 31.5 Å². The highest BCUT2D eigenvalue weighted by Crippen LogP contribution is 2.49. The number of fused-ring (bicyclic) bond motifs is 5. The van der Waals surface area contributed by atoms with Crippen LogP contribution in [0.5, 0.6) is 5.75 Å². The Morgan fingerprint density at radius 1 is 0.978 bits per heavy atom. The van der Waals surface area contributed by atoms with Gasteiger partial charge in [0.1, 0.15) is 58.6 Å². The first-order chi connectivity index (χ1) is 42.1. The number of urea groups is 1. The first-order valence-electron chi connectivity index (χ1n) is 30.9. The predicted octanol–water partition coefficient (Wildman–Crippen LogP) is 7.49. The number of likely N-dealkylation sites (N-methyl/N-ethyl adjacent to an activating group) is 1. The van der Waals surface area contributed by atoms with Crippen LogP contribution in [0.3, 0.4) is 0 Å². The second-order valence-corrected chi connectivity index (χ2v) is 24.5. The van der Waals surface area contributed by atoms with Crippen LogP contribution >= 0.6 is 11.6 Å². The minimum absolute atomic E-state index is 0.00286. The van der Waals surface area contributed by atoms with Crippen molar-refractivity contribution in [3.8, 4) is 5.75 Å². The number of primary amides is 1. The number of amides is 8. The largest absolute Gasteiger partial charge is 0.495 e. The van der Waals surface area contributed by atoms with Gasteiger partial charge in [0.15, 0.2) is 5.72 Å². The number of anilines is 2. The molecular formula is C64H95ClFN9O14. The molecule has 0 aromatic heterocycles. The Morgan fingerprint density at radius 3 is 2.36 bits per heavy atom. The number of hydrogen-bond acceptors (Lipinski definition) is 15. The van der Waals surface area contributed by atoms with Gasteiger partial charge in [-0.2, -0.15) is 0 Å². The minimum Gasteiger partial charge on any atom is -0.495 e. The van der Waals surface area contributed by atoms with E-state index in [4.69, 9.17) is 41.0 Å². The number of alkyl carbamates (subject to hydrolysis) is 1. The van der Waals surface area contributed by atoms with Gasteiger partial charge >= 0.3 is 18.1 Å². The summed E-state index contributed by atoms with van der Waals surface area (Å²) >= 11 is 6.84. The van der Waals surface area contributed by atoms with Crippen LogP contribution in [0.15, 0.2) is 54.1 Å². The molecule has 0 aliphatic carbocycles. The molecule has 0 spiro atoms. The van der Waals surface area contributed by atoms with Gasteiger partial charge in [0.05, 0.1) is 30.9 Å². The molecule has 2 aromatic rings. The van der Waals surface area contributed by atoms with Crippen molar-refractivity contribution in [2.45, 2.75) is 205 Å². The van der Waals surface area contributed by atoms with Gasteiger partial charge in [0.25, 0.3) is 5.91 Å². The number of unbranched alkanes of at least 4 members (excludes halogenated alkanes) is 4. The molecule has 1 unspecified atom stereocenters. The molecule has 3 aliphatic heterocycles. The topological polar surface area (TPSA) is 311 Å². The maximum atomic E-state index is 16.2. The molecule has 494 valence electrons. The Kier molecular flexibility index (Phi) is 27.7. The van der Waals surface area contributed by atoms with Crippen molar-refractivity contribution in [3.63, 3.8) is 0 Å². The highest BCUT2D eigenvalue weighted by atomic mass is 35.5. The number of methoxy groups -OCH3 is 2. The van der Waals surface area contributed by atoms with Crippen molar-refractivity contribution in [3.05, 3.63) is 76.1 Å². The zero-order chi connectivity index (χ0) is 65.9. The second kappa shape index (κ2) is 33.8. The van der Waals surface area contributed by atoms with Crippen molar-refractivity contribution in [2.24, 2.45) is 17.6 Å². The molecule has 2 saturated heterocycles. The quantitative estimate of drug-likeness (QED) is 0.0232. The van der Waals surface area contributed by atoms with Gasteiger partial charge in [-0.25, -0.2) is 18.8 Å². The normalized spacial score (nSPS) is 24.2. The van der Waals surface area contributed by atoms with Crippen LogP contribution in [0, 0.1) is 17.7 Å². The number of benzene rings is 2. The molecule has 5 rings (SSSR count). The summed E-state index contributed by atoms with van der Waals surface area (Å²) in [7, 11) is 5.59. The van der Waals surface area contributed by atoms with Crippen molar-refractivity contribution in [1.29, 1.82) is 0 Å². The monoisotopic (exact) mass is 1270 g/mol. The van der Waals surface area contributed by atoms with Crippen LogP contribution in [0.2, 0.25) is 5.02 Å². The van der Waals surface area contributed by atoms with Gasteiger partial charge in [-0.3, -0.25) is 29.3 Å². The van der Waals surface area contributed by atoms with Gasteiger partial charge < -0.3 is 70.9 Å². The van der Waals surface area contributed by atoms with Crippen LogP contribution in [0.1, 0.15) is 155 Å². The second-order valence-electron chi connectivity index (χ2n) is 24.1. The molecule has 11 atom stereocenters. The Bertz CT molecular complexity index is 2880. The fourth-order valence-electron chi connectivity index (χ4n) is 11.2. The Morgan fingerprint density at radius 2 is 1.71 bits per heavy atom. The highest BCUT2D eigenvalue weighted by molar-refractivity contribution is 6.35. The maximum Gasteiger partial charge on any atom is 0.409 e. The van der Waals surface area contributed by atoms with Gasteiger partial charge in [-0.1, -0.05) is 95.7 Å². The highest BCUT2D eigenvalue weighted by Gasteiger charge is 2.64. The van der Waals surface area contributed by atoms with Crippen LogP contribution < -0.4 is 47.3 Å². The average molecular weight is 1270 g/mol. The molecule has 9 N–H and O–H groups in total. The van der Waals surface area contributed by atoms with E-state index >= 15 is 4.39 Å². The van der Waals surface area contributed by atoms with Gasteiger partial charge in [-0.05, 0) is 114 Å². The van der Waals surface area contributed by atoms with Crippen LogP contribution in [-0.2, 0) is 49.3 Å². The smallest absolute Gasteiger partial charge is 0.409 e. The molecule has 4 bridgehead atoms. The predicted molar refractivity (Wildman–Crippen MR) is 336 cm³/mol. The third-order valence-corrected chi connectivity index (χ3v) is 17.3. The van der Waals surface area contributed by atoms with Gasteiger partial charge in [-0.15, -0.1) is 0 Å². The molecule has 0 radical (unpaired) electrons. The number of nitrogens with zero attached hydrogens (tertiary/aromatic N) is 2. The number of carbonyl (C=O) groups is 8. The van der Waals surface area contributed by atoms with E-state index in [0.29, 0.717) is 30.3 Å². The summed E-state index contributed by atoms with van der Waals surface area (Å²) in [6.07, 6.45) is 8.28. The van der Waals surface area contributed by atoms with E-state index in [1.54, 1.807) is 52.0 Å². The number of halogens is 2. The summed E-state index contributed by atoms with van der Waals surface area (Å²) in [5.74, 6) is -6.06. The molecule has 25 heteroatoms. The summed E-state index contributed by atoms with van der Waals surface area (Å²) in [4.78, 5) is 111. The Labute approximate surface area is 527 Å². The Hall–Kier alpha value is -6.86. The third-order valence-electron chi connectivity index (χ3n) is 16.9. The number of carbonyl (C=O) groups excluding carboxylic acids is 8. The SMILES string of the molecule is CCCCCC(CC)NCCCCCC(=O)N[C@H](C(=O)N[C@@H](CCCNC(N)=O)C(=O)Nc1ccc(C(=O)N(C)[C@@H](C)C(=O)O[C@H]2CC(=O)N(C)c3cc(cc(OC)c3Cl)C/C(C)=C/C=C/[C@@H](OC)[C@@]3(O)C[C@H](OC(=O)N3)[C@@H](C)[C@@H]3O[C@@]23C)c(F)c1)C(C)C. The summed E-state index contributed by atoms with van der Waals surface area (Å²) in [5, 5.41) is 28.7. The van der Waals surface area contributed by atoms with E-state index in [1.165, 1.54) is 65.5 Å². The molecule has 8 amide bonds. The van der Waals surface area contributed by atoms with E-state index in [2.05, 4.69) is 45.7 Å². The Balaban J connectivity index is 1.30. The standard InChI is InChI=1S/C64H95ClFN9O14/c1-13-15-17-23-42(14-2)68-29-19-16-18-26-52(76)72-55(37(3)4)58(79)71-46(24-21-30-69-61(67)82)57(78)70-43-27-28-44(45(66)34-43)59(80)74(9)40(7)60(81)88-51-35-53(77)75(10)47-32-41(33-48(85-11)54(47)65)31-38(5)22-20-25-50(86-12)64(84)36-49(87-62(83)73-64)39(6)56-63(51,8)89-56/h20,22,25,27-28,32-34,37,39-40,42,46,49-51,55-56,68,84H,13-19,21,23-24,26,29-31,35-36H2,1-12H3,(H,70,78)(H,71,79)(H,72,76)(H,73,83)(H3,67,69,82)/b25-20+,38-22+/t39-,40+,42?,46+,49+,50-,51+,55+,56+,63+,64+/m1/s1. The van der Waals surface area contributed by atoms with E-state index in [0.717, 1.165) is 60.4 Å².